The lowest BCUT2D eigenvalue weighted by Crippen LogP contribution is -2.50. The molecule has 0 atom stereocenters. The Balaban J connectivity index is 1.55. The van der Waals surface area contributed by atoms with Gasteiger partial charge in [-0.3, -0.25) is 4.79 Å². The number of nitrogens with zero attached hydrogens (tertiary/aromatic N) is 5. The maximum atomic E-state index is 13.6. The summed E-state index contributed by atoms with van der Waals surface area (Å²) in [4.78, 5) is 49.7. The van der Waals surface area contributed by atoms with Crippen molar-refractivity contribution in [2.45, 2.75) is 44.8 Å². The number of amides is 2. The first-order valence-electron chi connectivity index (χ1n) is 11.0. The number of carbonyl (C=O) groups is 3. The van der Waals surface area contributed by atoms with Crippen LogP contribution in [0.2, 0.25) is 0 Å². The van der Waals surface area contributed by atoms with Gasteiger partial charge in [-0.25, -0.2) is 25.0 Å². The molecule has 1 saturated carbocycles. The minimum atomic E-state index is -0.594. The Morgan fingerprint density at radius 1 is 1.18 bits per heavy atom. The van der Waals surface area contributed by atoms with Crippen LogP contribution in [-0.2, 0) is 19.8 Å². The summed E-state index contributed by atoms with van der Waals surface area (Å²) in [6.45, 7) is 7.23. The molecule has 178 valence electrons. The second-order valence-corrected chi connectivity index (χ2v) is 9.49. The molecule has 2 aliphatic heterocycles. The highest BCUT2D eigenvalue weighted by atomic mass is 16.6. The fraction of sp³-hybridized carbons (Fsp3) is 0.591. The molecule has 4 rings (SSSR count). The Kier molecular flexibility index (Phi) is 5.77. The fourth-order valence-corrected chi connectivity index (χ4v) is 4.20. The molecule has 11 nitrogen and oxygen atoms in total. The van der Waals surface area contributed by atoms with Gasteiger partial charge in [0.05, 0.1) is 42.7 Å². The first-order chi connectivity index (χ1) is 15.6. The van der Waals surface area contributed by atoms with E-state index in [1.54, 1.807) is 22.9 Å². The molecule has 3 aliphatic rings. The molecule has 2 fully saturated rings. The van der Waals surface area contributed by atoms with Gasteiger partial charge in [-0.1, -0.05) is 0 Å². The summed E-state index contributed by atoms with van der Waals surface area (Å²) in [5, 5.41) is 1.93. The zero-order chi connectivity index (χ0) is 24.0. The molecule has 3 heterocycles. The first kappa shape index (κ1) is 23.0. The van der Waals surface area contributed by atoms with E-state index in [0.717, 1.165) is 18.5 Å². The third kappa shape index (κ3) is 4.37. The SMILES string of the molecule is COC(=O)c1cc(C2(N(C)C(=O)C3=C4CN(C(=O)OC(C)(C)C)CCN4NC3)CC2)ncn1. The van der Waals surface area contributed by atoms with Crippen molar-refractivity contribution in [1.82, 2.24) is 30.2 Å². The molecule has 1 aromatic heterocycles. The molecule has 0 spiro atoms. The van der Waals surface area contributed by atoms with Gasteiger partial charge in [0.1, 0.15) is 11.9 Å². The van der Waals surface area contributed by atoms with Crippen LogP contribution >= 0.6 is 0 Å². The second kappa shape index (κ2) is 8.29. The summed E-state index contributed by atoms with van der Waals surface area (Å²) < 4.78 is 10.3. The molecule has 1 saturated heterocycles. The van der Waals surface area contributed by atoms with Gasteiger partial charge in [0.15, 0.2) is 5.69 Å². The number of hydrogen-bond acceptors (Lipinski definition) is 9. The Labute approximate surface area is 192 Å². The highest BCUT2D eigenvalue weighted by Gasteiger charge is 2.52. The fourth-order valence-electron chi connectivity index (χ4n) is 4.20. The molecule has 0 unspecified atom stereocenters. The maximum absolute atomic E-state index is 13.6. The highest BCUT2D eigenvalue weighted by molar-refractivity contribution is 5.96. The number of ether oxygens (including phenoxy) is 2. The lowest BCUT2D eigenvalue weighted by molar-refractivity contribution is -0.129. The number of aromatic nitrogens is 2. The Morgan fingerprint density at radius 3 is 2.55 bits per heavy atom. The lowest BCUT2D eigenvalue weighted by atomic mass is 10.1. The number of piperazine rings is 1. The maximum Gasteiger partial charge on any atom is 0.410 e. The van der Waals surface area contributed by atoms with Crippen molar-refractivity contribution in [3.05, 3.63) is 35.1 Å². The Morgan fingerprint density at radius 2 is 1.91 bits per heavy atom. The molecule has 1 N–H and O–H groups in total. The van der Waals surface area contributed by atoms with Crippen molar-refractivity contribution >= 4 is 18.0 Å². The van der Waals surface area contributed by atoms with Crippen molar-refractivity contribution in [1.29, 1.82) is 0 Å². The quantitative estimate of drug-likeness (QED) is 0.660. The van der Waals surface area contributed by atoms with E-state index in [0.29, 0.717) is 37.4 Å². The molecule has 0 bridgehead atoms. The summed E-state index contributed by atoms with van der Waals surface area (Å²) in [5.41, 5.74) is 4.21. The standard InChI is InChI=1S/C22H30N6O5/c1-21(2,3)33-20(31)27-8-9-28-16(12-27)14(11-25-28)18(29)26(4)22(6-7-22)17-10-15(19(30)32-5)23-13-24-17/h10,13,25H,6-9,11-12H2,1-5H3. The summed E-state index contributed by atoms with van der Waals surface area (Å²) in [6, 6.07) is 1.59. The van der Waals surface area contributed by atoms with Gasteiger partial charge in [-0.2, -0.15) is 0 Å². The van der Waals surface area contributed by atoms with Crippen LogP contribution in [0.15, 0.2) is 23.7 Å². The third-order valence-corrected chi connectivity index (χ3v) is 6.17. The number of methoxy groups -OCH3 is 1. The highest BCUT2D eigenvalue weighted by Crippen LogP contribution is 2.50. The third-order valence-electron chi connectivity index (χ3n) is 6.17. The zero-order valence-corrected chi connectivity index (χ0v) is 19.7. The van der Waals surface area contributed by atoms with Gasteiger partial charge >= 0.3 is 12.1 Å². The van der Waals surface area contributed by atoms with Crippen LogP contribution in [0.3, 0.4) is 0 Å². The van der Waals surface area contributed by atoms with Gasteiger partial charge in [0.25, 0.3) is 5.91 Å². The van der Waals surface area contributed by atoms with Crippen LogP contribution in [0.25, 0.3) is 0 Å². The van der Waals surface area contributed by atoms with E-state index < -0.39 is 23.2 Å². The predicted octanol–water partition coefficient (Wildman–Crippen LogP) is 1.04. The first-order valence-corrected chi connectivity index (χ1v) is 11.0. The van der Waals surface area contributed by atoms with Crippen LogP contribution in [0, 0.1) is 0 Å². The van der Waals surface area contributed by atoms with E-state index in [4.69, 9.17) is 9.47 Å². The number of fused-ring (bicyclic) bond motifs is 1. The van der Waals surface area contributed by atoms with E-state index in [2.05, 4.69) is 15.4 Å². The van der Waals surface area contributed by atoms with Crippen molar-refractivity contribution in [3.63, 3.8) is 0 Å². The van der Waals surface area contributed by atoms with Crippen molar-refractivity contribution < 1.29 is 23.9 Å². The zero-order valence-electron chi connectivity index (χ0n) is 19.7. The summed E-state index contributed by atoms with van der Waals surface area (Å²) in [5.74, 6) is -0.685. The molecule has 0 radical (unpaired) electrons. The normalized spacial score (nSPS) is 19.2. The number of hydrogen-bond donors (Lipinski definition) is 1. The molecular formula is C22H30N6O5. The van der Waals surface area contributed by atoms with Crippen LogP contribution in [0.5, 0.6) is 0 Å². The number of esters is 1. The van der Waals surface area contributed by atoms with Crippen LogP contribution in [-0.4, -0.2) is 88.7 Å². The van der Waals surface area contributed by atoms with Gasteiger partial charge < -0.3 is 24.3 Å². The number of rotatable bonds is 4. The summed E-state index contributed by atoms with van der Waals surface area (Å²) in [6.07, 6.45) is 2.39. The van der Waals surface area contributed by atoms with E-state index in [1.807, 2.05) is 25.8 Å². The van der Waals surface area contributed by atoms with Gasteiger partial charge in [0, 0.05) is 20.1 Å². The van der Waals surface area contributed by atoms with Crippen molar-refractivity contribution in [2.75, 3.05) is 40.3 Å². The van der Waals surface area contributed by atoms with Gasteiger partial charge in [0.2, 0.25) is 0 Å². The van der Waals surface area contributed by atoms with E-state index in [9.17, 15) is 14.4 Å². The Bertz CT molecular complexity index is 1010. The number of likely N-dealkylation sites (N-methyl/N-ethyl adjacent to an activating group) is 1. The molecular weight excluding hydrogens is 428 g/mol. The molecule has 2 amide bonds. The molecule has 11 heteroatoms. The topological polar surface area (TPSA) is 117 Å². The summed E-state index contributed by atoms with van der Waals surface area (Å²) in [7, 11) is 3.05. The Hall–Kier alpha value is -3.21. The average Bonchev–Trinajstić information content (AvgIpc) is 3.49. The number of carbonyl (C=O) groups excluding carboxylic acids is 3. The number of nitrogens with one attached hydrogen (secondary N) is 1. The van der Waals surface area contributed by atoms with Crippen LogP contribution < -0.4 is 5.43 Å². The largest absolute Gasteiger partial charge is 0.464 e. The van der Waals surface area contributed by atoms with Crippen LogP contribution in [0.4, 0.5) is 4.79 Å². The molecule has 33 heavy (non-hydrogen) atoms. The monoisotopic (exact) mass is 458 g/mol. The van der Waals surface area contributed by atoms with E-state index in [-0.39, 0.29) is 11.6 Å². The van der Waals surface area contributed by atoms with Crippen molar-refractivity contribution in [3.8, 4) is 0 Å². The van der Waals surface area contributed by atoms with E-state index >= 15 is 0 Å². The van der Waals surface area contributed by atoms with Crippen LogP contribution in [0.1, 0.15) is 49.8 Å². The van der Waals surface area contributed by atoms with Gasteiger partial charge in [-0.15, -0.1) is 0 Å². The molecule has 0 aromatic carbocycles. The predicted molar refractivity (Wildman–Crippen MR) is 117 cm³/mol. The minimum Gasteiger partial charge on any atom is -0.464 e. The van der Waals surface area contributed by atoms with E-state index in [1.165, 1.54) is 13.4 Å². The number of hydrazine groups is 1. The second-order valence-electron chi connectivity index (χ2n) is 9.49. The average molecular weight is 459 g/mol. The molecule has 1 aliphatic carbocycles. The summed E-state index contributed by atoms with van der Waals surface area (Å²) >= 11 is 0. The minimum absolute atomic E-state index is 0.137. The lowest BCUT2D eigenvalue weighted by Gasteiger charge is -2.36. The van der Waals surface area contributed by atoms with Gasteiger partial charge in [-0.05, 0) is 39.7 Å². The smallest absolute Gasteiger partial charge is 0.410 e. The molecule has 1 aromatic rings. The van der Waals surface area contributed by atoms with Crippen molar-refractivity contribution in [2.24, 2.45) is 0 Å².